The number of hydrogen-bond donors (Lipinski definition) is 2. The summed E-state index contributed by atoms with van der Waals surface area (Å²) in [5, 5.41) is 5.28. The van der Waals surface area contributed by atoms with E-state index in [1.807, 2.05) is 17.4 Å². The van der Waals surface area contributed by atoms with Gasteiger partial charge in [-0.3, -0.25) is 9.69 Å². The topological polar surface area (TPSA) is 58.4 Å². The molecule has 1 aliphatic heterocycles. The van der Waals surface area contributed by atoms with Gasteiger partial charge in [-0.25, -0.2) is 0 Å². The third-order valence-corrected chi connectivity index (χ3v) is 6.02. The Hall–Kier alpha value is -1.11. The molecule has 0 bridgehead atoms. The molecule has 4 nitrogen and oxygen atoms in total. The number of thiophene rings is 1. The fraction of sp³-hybridized carbons (Fsp3) is 0.476. The van der Waals surface area contributed by atoms with Gasteiger partial charge in [0, 0.05) is 24.5 Å². The molecule has 156 valence electrons. The second-order valence-corrected chi connectivity index (χ2v) is 8.50. The quantitative estimate of drug-likeness (QED) is 0.674. The number of nitrogens with one attached hydrogen (secondary N) is 1. The van der Waals surface area contributed by atoms with Gasteiger partial charge in [0.15, 0.2) is 0 Å². The first kappa shape index (κ1) is 24.9. The Bertz CT molecular complexity index is 723. The summed E-state index contributed by atoms with van der Waals surface area (Å²) in [5.74, 6) is 0.368. The van der Waals surface area contributed by atoms with Gasteiger partial charge in [0.2, 0.25) is 5.91 Å². The third kappa shape index (κ3) is 6.46. The molecule has 2 atom stereocenters. The lowest BCUT2D eigenvalue weighted by Crippen LogP contribution is -2.46. The van der Waals surface area contributed by atoms with Crippen molar-refractivity contribution in [3.63, 3.8) is 0 Å². The van der Waals surface area contributed by atoms with Crippen LogP contribution in [0.4, 0.5) is 0 Å². The fourth-order valence-electron chi connectivity index (χ4n) is 3.61. The molecule has 0 saturated heterocycles. The van der Waals surface area contributed by atoms with Crippen LogP contribution >= 0.6 is 36.2 Å². The van der Waals surface area contributed by atoms with Crippen molar-refractivity contribution in [1.82, 2.24) is 10.2 Å². The van der Waals surface area contributed by atoms with Gasteiger partial charge < -0.3 is 11.1 Å². The highest BCUT2D eigenvalue weighted by molar-refractivity contribution is 7.10. The van der Waals surface area contributed by atoms with Crippen molar-refractivity contribution in [1.29, 1.82) is 0 Å². The van der Waals surface area contributed by atoms with Gasteiger partial charge in [0.25, 0.3) is 0 Å². The van der Waals surface area contributed by atoms with Crippen LogP contribution in [0.3, 0.4) is 0 Å². The van der Waals surface area contributed by atoms with Crippen molar-refractivity contribution in [2.75, 3.05) is 13.1 Å². The predicted molar refractivity (Wildman–Crippen MR) is 123 cm³/mol. The fourth-order valence-corrected chi connectivity index (χ4v) is 4.50. The number of carbonyl (C=O) groups is 1. The molecule has 1 unspecified atom stereocenters. The van der Waals surface area contributed by atoms with Gasteiger partial charge >= 0.3 is 0 Å². The second-order valence-electron chi connectivity index (χ2n) is 7.50. The Morgan fingerprint density at radius 2 is 1.93 bits per heavy atom. The number of fused-ring (bicyclic) bond motifs is 1. The van der Waals surface area contributed by atoms with E-state index in [1.165, 1.54) is 16.0 Å². The molecular weight excluding hydrogens is 413 g/mol. The summed E-state index contributed by atoms with van der Waals surface area (Å²) in [7, 11) is 0. The lowest BCUT2D eigenvalue weighted by molar-refractivity contribution is -0.123. The molecule has 1 aromatic heterocycles. The summed E-state index contributed by atoms with van der Waals surface area (Å²) in [6, 6.07) is 12.4. The summed E-state index contributed by atoms with van der Waals surface area (Å²) >= 11 is 1.85. The number of halogens is 2. The Morgan fingerprint density at radius 3 is 2.61 bits per heavy atom. The molecule has 0 aliphatic carbocycles. The molecule has 2 heterocycles. The number of carbonyl (C=O) groups excluding carboxylic acids is 1. The van der Waals surface area contributed by atoms with Crippen LogP contribution in [0.1, 0.15) is 42.3 Å². The van der Waals surface area contributed by atoms with Gasteiger partial charge in [0.1, 0.15) is 0 Å². The Labute approximate surface area is 184 Å². The Balaban J connectivity index is 0.00000196. The van der Waals surface area contributed by atoms with Crippen molar-refractivity contribution in [2.45, 2.75) is 45.3 Å². The van der Waals surface area contributed by atoms with Crippen molar-refractivity contribution >= 4 is 42.1 Å². The van der Waals surface area contributed by atoms with Crippen LogP contribution in [0.15, 0.2) is 41.8 Å². The summed E-state index contributed by atoms with van der Waals surface area (Å²) in [6.07, 6.45) is 1.79. The third-order valence-electron chi connectivity index (χ3n) is 4.99. The molecule has 0 saturated carbocycles. The van der Waals surface area contributed by atoms with Crippen LogP contribution in [0.2, 0.25) is 0 Å². The number of nitrogens with two attached hydrogens (primary N) is 1. The molecule has 2 aromatic rings. The van der Waals surface area contributed by atoms with Crippen molar-refractivity contribution in [3.8, 4) is 0 Å². The second kappa shape index (κ2) is 11.8. The van der Waals surface area contributed by atoms with Crippen LogP contribution in [0.25, 0.3) is 0 Å². The number of rotatable bonds is 7. The van der Waals surface area contributed by atoms with E-state index in [9.17, 15) is 4.79 Å². The normalized spacial score (nSPS) is 15.7. The maximum Gasteiger partial charge on any atom is 0.236 e. The summed E-state index contributed by atoms with van der Waals surface area (Å²) in [6.45, 7) is 6.72. The molecule has 1 aliphatic rings. The molecule has 1 aromatic carbocycles. The molecule has 7 heteroatoms. The van der Waals surface area contributed by atoms with Crippen LogP contribution in [-0.4, -0.2) is 29.9 Å². The first-order valence-corrected chi connectivity index (χ1v) is 10.3. The summed E-state index contributed by atoms with van der Waals surface area (Å²) in [4.78, 5) is 16.4. The van der Waals surface area contributed by atoms with E-state index >= 15 is 0 Å². The molecular formula is C21H31Cl2N3OS. The van der Waals surface area contributed by atoms with Gasteiger partial charge in [-0.1, -0.05) is 44.2 Å². The van der Waals surface area contributed by atoms with Gasteiger partial charge in [0.05, 0.1) is 12.1 Å². The summed E-state index contributed by atoms with van der Waals surface area (Å²) in [5.41, 5.74) is 8.71. The first-order chi connectivity index (χ1) is 12.5. The zero-order valence-corrected chi connectivity index (χ0v) is 18.9. The molecule has 0 fully saturated rings. The van der Waals surface area contributed by atoms with Crippen molar-refractivity contribution in [3.05, 3.63) is 57.8 Å². The molecule has 0 radical (unpaired) electrons. The van der Waals surface area contributed by atoms with Crippen LogP contribution in [-0.2, 0) is 17.8 Å². The van der Waals surface area contributed by atoms with E-state index in [0.29, 0.717) is 18.9 Å². The maximum atomic E-state index is 12.4. The van der Waals surface area contributed by atoms with Crippen molar-refractivity contribution in [2.24, 2.45) is 11.7 Å². The van der Waals surface area contributed by atoms with E-state index in [0.717, 1.165) is 19.5 Å². The van der Waals surface area contributed by atoms with Crippen molar-refractivity contribution < 1.29 is 4.79 Å². The molecule has 0 spiro atoms. The standard InChI is InChI=1S/C21H29N3OS.2ClH/c1-15(2)12-18(22)21(25)23-13-19(16-6-4-3-5-7-16)24-10-8-20-17(14-24)9-11-26-20;;/h3-7,9,11,15,18-19H,8,10,12-14,22H2,1-2H3,(H,23,25);2*1H/t18-,19?;;/m0../s1. The zero-order valence-electron chi connectivity index (χ0n) is 16.5. The van der Waals surface area contributed by atoms with E-state index < -0.39 is 6.04 Å². The van der Waals surface area contributed by atoms with Crippen LogP contribution in [0.5, 0.6) is 0 Å². The monoisotopic (exact) mass is 443 g/mol. The predicted octanol–water partition coefficient (Wildman–Crippen LogP) is 4.18. The zero-order chi connectivity index (χ0) is 18.5. The molecule has 1 amide bonds. The van der Waals surface area contributed by atoms with E-state index in [2.05, 4.69) is 59.8 Å². The molecule has 3 rings (SSSR count). The SMILES string of the molecule is CC(C)C[C@H](N)C(=O)NCC(c1ccccc1)N1CCc2sccc2C1.Cl.Cl. The highest BCUT2D eigenvalue weighted by atomic mass is 35.5. The average Bonchev–Trinajstić information content (AvgIpc) is 3.10. The highest BCUT2D eigenvalue weighted by Gasteiger charge is 2.26. The molecule has 28 heavy (non-hydrogen) atoms. The number of amides is 1. The van der Waals surface area contributed by atoms with Gasteiger partial charge in [-0.15, -0.1) is 36.2 Å². The van der Waals surface area contributed by atoms with Gasteiger partial charge in [-0.2, -0.15) is 0 Å². The highest BCUT2D eigenvalue weighted by Crippen LogP contribution is 2.30. The van der Waals surface area contributed by atoms with E-state index in [-0.39, 0.29) is 36.8 Å². The Morgan fingerprint density at radius 1 is 1.21 bits per heavy atom. The molecule has 3 N–H and O–H groups in total. The lowest BCUT2D eigenvalue weighted by Gasteiger charge is -2.35. The lowest BCUT2D eigenvalue weighted by atomic mass is 10.0. The minimum Gasteiger partial charge on any atom is -0.353 e. The minimum atomic E-state index is -0.434. The smallest absolute Gasteiger partial charge is 0.236 e. The van der Waals surface area contributed by atoms with Crippen LogP contribution in [0, 0.1) is 5.92 Å². The number of nitrogens with zero attached hydrogens (tertiary/aromatic N) is 1. The number of hydrogen-bond acceptors (Lipinski definition) is 4. The number of benzene rings is 1. The van der Waals surface area contributed by atoms with E-state index in [1.54, 1.807) is 0 Å². The summed E-state index contributed by atoms with van der Waals surface area (Å²) < 4.78 is 0. The first-order valence-electron chi connectivity index (χ1n) is 9.42. The Kier molecular flexibility index (Phi) is 10.5. The van der Waals surface area contributed by atoms with Gasteiger partial charge in [-0.05, 0) is 41.3 Å². The maximum absolute atomic E-state index is 12.4. The average molecular weight is 444 g/mol. The van der Waals surface area contributed by atoms with Crippen LogP contribution < -0.4 is 11.1 Å². The largest absolute Gasteiger partial charge is 0.353 e. The van der Waals surface area contributed by atoms with E-state index in [4.69, 9.17) is 5.73 Å². The minimum absolute atomic E-state index is 0.